The molecule has 3 N–H and O–H groups in total. The number of nitrogens with zero attached hydrogens (tertiary/aromatic N) is 3. The lowest BCUT2D eigenvalue weighted by molar-refractivity contribution is -0.868. The largest absolute Gasteiger partial charge is 0.364 e. The normalized spacial score (nSPS) is 13.8. The molecule has 0 radical (unpaired) electrons. The summed E-state index contributed by atoms with van der Waals surface area (Å²) < 4.78 is 34.2. The fourth-order valence-electron chi connectivity index (χ4n) is 5.20. The highest BCUT2D eigenvalue weighted by atomic mass is 32.2. The van der Waals surface area contributed by atoms with Gasteiger partial charge in [0, 0.05) is 28.2 Å². The van der Waals surface area contributed by atoms with Crippen LogP contribution in [0.1, 0.15) is 62.4 Å². The Morgan fingerprint density at radius 3 is 2.39 bits per heavy atom. The van der Waals surface area contributed by atoms with Gasteiger partial charge in [0.1, 0.15) is 6.54 Å². The highest BCUT2D eigenvalue weighted by Gasteiger charge is 2.45. The Bertz CT molecular complexity index is 1590. The van der Waals surface area contributed by atoms with Crippen molar-refractivity contribution in [3.63, 3.8) is 0 Å². The molecule has 0 aliphatic carbocycles. The van der Waals surface area contributed by atoms with Gasteiger partial charge in [-0.1, -0.05) is 62.7 Å². The Morgan fingerprint density at radius 1 is 1.15 bits per heavy atom. The van der Waals surface area contributed by atoms with Crippen molar-refractivity contribution in [2.45, 2.75) is 71.4 Å². The summed E-state index contributed by atoms with van der Waals surface area (Å²) in [6, 6.07) is 12.8. The number of likely N-dealkylation sites (N-methyl/N-ethyl adjacent to an activating group) is 1. The number of nitrogens with one attached hydrogen (secondary N) is 1. The summed E-state index contributed by atoms with van der Waals surface area (Å²) in [4.78, 5) is 26.0. The Kier molecular flexibility index (Phi) is 9.73. The number of aryl methyl sites for hydroxylation is 1. The van der Waals surface area contributed by atoms with Crippen molar-refractivity contribution in [3.8, 4) is 17.2 Å². The van der Waals surface area contributed by atoms with E-state index >= 15 is 0 Å². The zero-order valence-electron chi connectivity index (χ0n) is 24.4. The molecule has 0 spiro atoms. The smallest absolute Gasteiger partial charge is 0.314 e. The van der Waals surface area contributed by atoms with Crippen LogP contribution >= 0.6 is 0 Å². The number of unbranched alkanes of at least 4 members (excludes halogenated alkanes) is 1. The van der Waals surface area contributed by atoms with Crippen LogP contribution < -0.4 is 10.5 Å². The molecule has 2 aromatic carbocycles. The van der Waals surface area contributed by atoms with Crippen molar-refractivity contribution in [2.24, 2.45) is 11.7 Å². The van der Waals surface area contributed by atoms with Gasteiger partial charge in [0.2, 0.25) is 5.88 Å². The summed E-state index contributed by atoms with van der Waals surface area (Å²) in [6.07, 6.45) is 1.81. The molecule has 218 valence electrons. The maximum absolute atomic E-state index is 13.5. The van der Waals surface area contributed by atoms with Crippen LogP contribution in [-0.2, 0) is 26.2 Å². The van der Waals surface area contributed by atoms with Gasteiger partial charge >= 0.3 is 5.91 Å². The van der Waals surface area contributed by atoms with E-state index in [1.54, 1.807) is 57.3 Å². The summed E-state index contributed by atoms with van der Waals surface area (Å²) in [7, 11) is -2.39. The lowest BCUT2D eigenvalue weighted by Gasteiger charge is -2.39. The van der Waals surface area contributed by atoms with Crippen LogP contribution in [0.2, 0.25) is 0 Å². The second-order valence-electron chi connectivity index (χ2n) is 10.8. The van der Waals surface area contributed by atoms with Gasteiger partial charge in [-0.2, -0.15) is 5.26 Å². The number of anilines is 1. The predicted molar refractivity (Wildman–Crippen MR) is 156 cm³/mol. The third-order valence-electron chi connectivity index (χ3n) is 7.42. The second-order valence-corrected chi connectivity index (χ2v) is 12.5. The molecule has 0 saturated carbocycles. The summed E-state index contributed by atoms with van der Waals surface area (Å²) in [5.41, 5.74) is 8.53. The van der Waals surface area contributed by atoms with Gasteiger partial charge in [-0.15, -0.1) is 0 Å². The van der Waals surface area contributed by atoms with E-state index in [4.69, 9.17) is 10.3 Å². The highest BCUT2D eigenvalue weighted by molar-refractivity contribution is 7.92. The number of nitrogens with two attached hydrogens (primary N) is 1. The number of amides is 2. The molecule has 41 heavy (non-hydrogen) atoms. The molecular weight excluding hydrogens is 542 g/mol. The molecule has 2 amide bonds. The summed E-state index contributed by atoms with van der Waals surface area (Å²) in [5.74, 6) is -0.841. The zero-order valence-corrected chi connectivity index (χ0v) is 25.2. The molecule has 0 saturated heterocycles. The molecule has 1 aromatic heterocycles. The van der Waals surface area contributed by atoms with Gasteiger partial charge in [0.25, 0.3) is 15.9 Å². The van der Waals surface area contributed by atoms with E-state index in [0.29, 0.717) is 40.8 Å². The predicted octanol–water partition coefficient (Wildman–Crippen LogP) is 4.80. The molecule has 3 aromatic rings. The SMILES string of the molecule is CCCCC(=O)[N+](C)(Cc1ccc(-c2ccccc2S(=O)(=O)Nc2onc(C)c2C)c(C#N)c1)[C@H](C(N)=O)C(C)C. The van der Waals surface area contributed by atoms with Gasteiger partial charge in [0.15, 0.2) is 6.04 Å². The quantitative estimate of drug-likeness (QED) is 0.291. The first kappa shape index (κ1) is 31.5. The summed E-state index contributed by atoms with van der Waals surface area (Å²) in [6.45, 7) is 9.26. The number of rotatable bonds is 12. The van der Waals surface area contributed by atoms with E-state index in [9.17, 15) is 23.3 Å². The van der Waals surface area contributed by atoms with Crippen molar-refractivity contribution in [1.82, 2.24) is 5.16 Å². The van der Waals surface area contributed by atoms with Crippen LogP contribution in [0.4, 0.5) is 5.88 Å². The molecular formula is C30H38N5O5S+. The lowest BCUT2D eigenvalue weighted by atomic mass is 9.94. The fourth-order valence-corrected chi connectivity index (χ4v) is 6.47. The van der Waals surface area contributed by atoms with Crippen molar-refractivity contribution in [2.75, 3.05) is 11.8 Å². The van der Waals surface area contributed by atoms with Crippen molar-refractivity contribution in [1.29, 1.82) is 5.26 Å². The molecule has 0 aliphatic heterocycles. The van der Waals surface area contributed by atoms with Crippen molar-refractivity contribution < 1.29 is 27.0 Å². The van der Waals surface area contributed by atoms with Gasteiger partial charge < -0.3 is 10.3 Å². The second kappa shape index (κ2) is 12.7. The number of benzene rings is 2. The number of hydrogen-bond donors (Lipinski definition) is 2. The maximum atomic E-state index is 13.5. The van der Waals surface area contributed by atoms with Crippen LogP contribution in [0.15, 0.2) is 51.9 Å². The number of hydrogen-bond acceptors (Lipinski definition) is 7. The number of primary amides is 1. The van der Waals surface area contributed by atoms with Gasteiger partial charge in [0.05, 0.1) is 35.7 Å². The monoisotopic (exact) mass is 580 g/mol. The fraction of sp³-hybridized carbons (Fsp3) is 0.400. The third kappa shape index (κ3) is 6.66. The number of nitriles is 1. The van der Waals surface area contributed by atoms with E-state index < -0.39 is 22.0 Å². The number of carbonyl (C=O) groups is 2. The van der Waals surface area contributed by atoms with E-state index in [-0.39, 0.29) is 39.2 Å². The standard InChI is InChI=1S/C30H37N5O5S/c1-7-8-13-27(36)35(6,28(19(2)3)29(32)37)18-22-14-15-24(23(16-22)17-31)25-11-9-10-12-26(25)41(38,39)34-30-20(4)21(5)33-40-30/h9-12,14-16,19,28H,7-8,13,18H2,1-6H3,(H2-,32,33,34,37)/p+1/t28-,35?/m0/s1. The topological polar surface area (TPSA) is 156 Å². The molecule has 0 fully saturated rings. The molecule has 11 heteroatoms. The minimum Gasteiger partial charge on any atom is -0.364 e. The number of quaternary nitrogens is 1. The Labute approximate surface area is 241 Å². The van der Waals surface area contributed by atoms with Crippen molar-refractivity contribution in [3.05, 3.63) is 64.8 Å². The molecule has 10 nitrogen and oxygen atoms in total. The highest BCUT2D eigenvalue weighted by Crippen LogP contribution is 2.33. The average Bonchev–Trinajstić information content (AvgIpc) is 3.22. The molecule has 0 bridgehead atoms. The average molecular weight is 581 g/mol. The lowest BCUT2D eigenvalue weighted by Crippen LogP contribution is -2.62. The first-order chi connectivity index (χ1) is 19.3. The molecule has 3 rings (SSSR count). The van der Waals surface area contributed by atoms with E-state index in [1.165, 1.54) is 6.07 Å². The number of carbonyl (C=O) groups excluding carboxylic acids is 2. The van der Waals surface area contributed by atoms with Crippen LogP contribution in [0.3, 0.4) is 0 Å². The van der Waals surface area contributed by atoms with Gasteiger partial charge in [-0.05, 0) is 32.4 Å². The molecule has 1 unspecified atom stereocenters. The maximum Gasteiger partial charge on any atom is 0.314 e. The van der Waals surface area contributed by atoms with Crippen LogP contribution in [0, 0.1) is 31.1 Å². The van der Waals surface area contributed by atoms with Crippen molar-refractivity contribution >= 4 is 27.7 Å². The van der Waals surface area contributed by atoms with E-state index in [0.717, 1.165) is 6.42 Å². The first-order valence-electron chi connectivity index (χ1n) is 13.5. The Balaban J connectivity index is 2.07. The minimum atomic E-state index is -4.11. The molecule has 0 aliphatic rings. The van der Waals surface area contributed by atoms with E-state index in [1.807, 2.05) is 20.8 Å². The number of aromatic nitrogens is 1. The molecule has 2 atom stereocenters. The first-order valence-corrected chi connectivity index (χ1v) is 15.0. The number of sulfonamides is 1. The zero-order chi connectivity index (χ0) is 30.5. The van der Waals surface area contributed by atoms with Crippen LogP contribution in [0.5, 0.6) is 0 Å². The Hall–Kier alpha value is -4.01. The van der Waals surface area contributed by atoms with Crippen LogP contribution in [-0.4, -0.2) is 43.0 Å². The van der Waals surface area contributed by atoms with Crippen LogP contribution in [0.25, 0.3) is 11.1 Å². The summed E-state index contributed by atoms with van der Waals surface area (Å²) in [5, 5.41) is 13.9. The van der Waals surface area contributed by atoms with Gasteiger partial charge in [-0.25, -0.2) is 22.4 Å². The van der Waals surface area contributed by atoms with E-state index in [2.05, 4.69) is 15.9 Å². The van der Waals surface area contributed by atoms with Gasteiger partial charge in [-0.3, -0.25) is 4.79 Å². The Morgan fingerprint density at radius 2 is 1.83 bits per heavy atom. The molecule has 1 heterocycles. The minimum absolute atomic E-state index is 0.0205. The third-order valence-corrected chi connectivity index (χ3v) is 8.81. The summed E-state index contributed by atoms with van der Waals surface area (Å²) >= 11 is 0.